The molecule has 1 aromatic heterocycles. The number of hydrogen-bond donors (Lipinski definition) is 1. The number of carboxylic acids is 1. The van der Waals surface area contributed by atoms with Crippen molar-refractivity contribution in [2.24, 2.45) is 0 Å². The standard InChI is InChI=1S/C9H9NO4/c11-8(12)5-9(13)14-6-7-3-1-2-4-10-7/h1-4H,5-6H2,(H,11,12). The summed E-state index contributed by atoms with van der Waals surface area (Å²) in [6, 6.07) is 5.18. The summed E-state index contributed by atoms with van der Waals surface area (Å²) in [7, 11) is 0. The number of pyridine rings is 1. The second kappa shape index (κ2) is 4.96. The molecule has 1 rings (SSSR count). The maximum atomic E-state index is 10.8. The highest BCUT2D eigenvalue weighted by Gasteiger charge is 2.08. The molecule has 74 valence electrons. The first-order chi connectivity index (χ1) is 6.68. The maximum Gasteiger partial charge on any atom is 0.317 e. The molecule has 0 amide bonds. The predicted molar refractivity (Wildman–Crippen MR) is 46.3 cm³/mol. The summed E-state index contributed by atoms with van der Waals surface area (Å²) in [6.07, 6.45) is 0.952. The Morgan fingerprint density at radius 2 is 2.21 bits per heavy atom. The fraction of sp³-hybridized carbons (Fsp3) is 0.222. The van der Waals surface area contributed by atoms with Gasteiger partial charge in [0.25, 0.3) is 0 Å². The van der Waals surface area contributed by atoms with Gasteiger partial charge in [0, 0.05) is 6.20 Å². The molecule has 0 unspecified atom stereocenters. The zero-order chi connectivity index (χ0) is 10.4. The highest BCUT2D eigenvalue weighted by Crippen LogP contribution is 1.97. The van der Waals surface area contributed by atoms with Gasteiger partial charge in [-0.2, -0.15) is 0 Å². The van der Waals surface area contributed by atoms with Crippen LogP contribution < -0.4 is 0 Å². The lowest BCUT2D eigenvalue weighted by atomic mass is 10.4. The average molecular weight is 195 g/mol. The highest BCUT2D eigenvalue weighted by molar-refractivity contribution is 5.90. The topological polar surface area (TPSA) is 76.5 Å². The third-order valence-electron chi connectivity index (χ3n) is 1.40. The van der Waals surface area contributed by atoms with Gasteiger partial charge in [-0.05, 0) is 12.1 Å². The first-order valence-corrected chi connectivity index (χ1v) is 3.96. The second-order valence-electron chi connectivity index (χ2n) is 2.55. The maximum absolute atomic E-state index is 10.8. The van der Waals surface area contributed by atoms with Crippen molar-refractivity contribution in [3.8, 4) is 0 Å². The summed E-state index contributed by atoms with van der Waals surface area (Å²) in [5, 5.41) is 8.26. The first kappa shape index (κ1) is 10.2. The summed E-state index contributed by atoms with van der Waals surface area (Å²) >= 11 is 0. The molecule has 1 aromatic rings. The minimum absolute atomic E-state index is 0.00690. The number of ether oxygens (including phenoxy) is 1. The van der Waals surface area contributed by atoms with E-state index in [0.717, 1.165) is 0 Å². The fourth-order valence-corrected chi connectivity index (χ4v) is 0.812. The Labute approximate surface area is 80.3 Å². The number of carbonyl (C=O) groups is 2. The van der Waals surface area contributed by atoms with Crippen LogP contribution >= 0.6 is 0 Å². The quantitative estimate of drug-likeness (QED) is 0.562. The molecule has 0 saturated heterocycles. The van der Waals surface area contributed by atoms with Gasteiger partial charge < -0.3 is 9.84 Å². The Hall–Kier alpha value is -1.91. The lowest BCUT2D eigenvalue weighted by Crippen LogP contribution is -2.10. The van der Waals surface area contributed by atoms with Gasteiger partial charge in [-0.3, -0.25) is 14.6 Å². The summed E-state index contributed by atoms with van der Waals surface area (Å²) in [5.74, 6) is -1.96. The van der Waals surface area contributed by atoms with Crippen LogP contribution in [0, 0.1) is 0 Å². The number of nitrogens with zero attached hydrogens (tertiary/aromatic N) is 1. The first-order valence-electron chi connectivity index (χ1n) is 3.96. The van der Waals surface area contributed by atoms with Crippen molar-refractivity contribution >= 4 is 11.9 Å². The van der Waals surface area contributed by atoms with Crippen molar-refractivity contribution in [1.82, 2.24) is 4.98 Å². The monoisotopic (exact) mass is 195 g/mol. The van der Waals surface area contributed by atoms with Crippen LogP contribution in [0.2, 0.25) is 0 Å². The van der Waals surface area contributed by atoms with Crippen molar-refractivity contribution in [2.75, 3.05) is 0 Å². The Morgan fingerprint density at radius 1 is 1.43 bits per heavy atom. The number of carbonyl (C=O) groups excluding carboxylic acids is 1. The third kappa shape index (κ3) is 3.66. The smallest absolute Gasteiger partial charge is 0.317 e. The highest BCUT2D eigenvalue weighted by atomic mass is 16.5. The van der Waals surface area contributed by atoms with Crippen molar-refractivity contribution in [2.45, 2.75) is 13.0 Å². The summed E-state index contributed by atoms with van der Waals surface area (Å²) < 4.78 is 4.66. The molecular formula is C9H9NO4. The molecule has 0 fully saturated rings. The lowest BCUT2D eigenvalue weighted by molar-refractivity contribution is -0.152. The van der Waals surface area contributed by atoms with Gasteiger partial charge in [0.15, 0.2) is 0 Å². The summed E-state index contributed by atoms with van der Waals surface area (Å²) in [4.78, 5) is 24.8. The van der Waals surface area contributed by atoms with Gasteiger partial charge in [0.05, 0.1) is 5.69 Å². The van der Waals surface area contributed by atoms with Gasteiger partial charge in [0.2, 0.25) is 0 Å². The van der Waals surface area contributed by atoms with Crippen LogP contribution in [-0.2, 0) is 20.9 Å². The van der Waals surface area contributed by atoms with E-state index >= 15 is 0 Å². The van der Waals surface area contributed by atoms with E-state index in [4.69, 9.17) is 5.11 Å². The van der Waals surface area contributed by atoms with E-state index in [1.807, 2.05) is 0 Å². The minimum atomic E-state index is -1.20. The fourth-order valence-electron chi connectivity index (χ4n) is 0.812. The van der Waals surface area contributed by atoms with Crippen LogP contribution in [0.4, 0.5) is 0 Å². The molecule has 0 aliphatic rings. The number of carboxylic acid groups (broad SMARTS) is 1. The zero-order valence-corrected chi connectivity index (χ0v) is 7.34. The summed E-state index contributed by atoms with van der Waals surface area (Å²) in [5.41, 5.74) is 0.589. The number of rotatable bonds is 4. The van der Waals surface area contributed by atoms with Gasteiger partial charge >= 0.3 is 11.9 Å². The number of hydrogen-bond acceptors (Lipinski definition) is 4. The van der Waals surface area contributed by atoms with Crippen molar-refractivity contribution in [3.05, 3.63) is 30.1 Å². The van der Waals surface area contributed by atoms with E-state index in [-0.39, 0.29) is 6.61 Å². The summed E-state index contributed by atoms with van der Waals surface area (Å²) in [6.45, 7) is 0.00690. The van der Waals surface area contributed by atoms with Crippen molar-refractivity contribution in [3.63, 3.8) is 0 Å². The second-order valence-corrected chi connectivity index (χ2v) is 2.55. The Bertz CT molecular complexity index is 323. The van der Waals surface area contributed by atoms with Gasteiger partial charge in [-0.25, -0.2) is 0 Å². The van der Waals surface area contributed by atoms with Crippen molar-refractivity contribution in [1.29, 1.82) is 0 Å². The predicted octanol–water partition coefficient (Wildman–Crippen LogP) is 0.600. The van der Waals surface area contributed by atoms with E-state index in [1.165, 1.54) is 0 Å². The zero-order valence-electron chi connectivity index (χ0n) is 7.34. The van der Waals surface area contributed by atoms with Gasteiger partial charge in [0.1, 0.15) is 13.0 Å². The van der Waals surface area contributed by atoms with Crippen LogP contribution in [0.15, 0.2) is 24.4 Å². The van der Waals surface area contributed by atoms with Crippen LogP contribution in [-0.4, -0.2) is 22.0 Å². The number of aliphatic carboxylic acids is 1. The van der Waals surface area contributed by atoms with E-state index in [0.29, 0.717) is 5.69 Å². The molecular weight excluding hydrogens is 186 g/mol. The van der Waals surface area contributed by atoms with E-state index < -0.39 is 18.4 Å². The Morgan fingerprint density at radius 3 is 2.79 bits per heavy atom. The molecule has 0 radical (unpaired) electrons. The van der Waals surface area contributed by atoms with Gasteiger partial charge in [-0.1, -0.05) is 6.07 Å². The van der Waals surface area contributed by atoms with Crippen LogP contribution in [0.3, 0.4) is 0 Å². The molecule has 14 heavy (non-hydrogen) atoms. The molecule has 5 heteroatoms. The molecule has 5 nitrogen and oxygen atoms in total. The Balaban J connectivity index is 2.34. The molecule has 0 bridgehead atoms. The lowest BCUT2D eigenvalue weighted by Gasteiger charge is -2.01. The van der Waals surface area contributed by atoms with Crippen LogP contribution in [0.25, 0.3) is 0 Å². The molecule has 0 saturated carbocycles. The largest absolute Gasteiger partial charge is 0.481 e. The van der Waals surface area contributed by atoms with E-state index in [9.17, 15) is 9.59 Å². The Kier molecular flexibility index (Phi) is 3.60. The van der Waals surface area contributed by atoms with Crippen molar-refractivity contribution < 1.29 is 19.4 Å². The van der Waals surface area contributed by atoms with Crippen LogP contribution in [0.1, 0.15) is 12.1 Å². The molecule has 0 aliphatic carbocycles. The third-order valence-corrected chi connectivity index (χ3v) is 1.40. The van der Waals surface area contributed by atoms with Gasteiger partial charge in [-0.15, -0.1) is 0 Å². The van der Waals surface area contributed by atoms with Crippen LogP contribution in [0.5, 0.6) is 0 Å². The normalized spacial score (nSPS) is 9.43. The van der Waals surface area contributed by atoms with E-state index in [2.05, 4.69) is 9.72 Å². The molecule has 0 aromatic carbocycles. The SMILES string of the molecule is O=C(O)CC(=O)OCc1ccccn1. The number of aromatic nitrogens is 1. The average Bonchev–Trinajstić information content (AvgIpc) is 2.15. The number of esters is 1. The molecule has 1 N–H and O–H groups in total. The molecule has 0 spiro atoms. The molecule has 1 heterocycles. The van der Waals surface area contributed by atoms with E-state index in [1.54, 1.807) is 24.4 Å². The molecule has 0 atom stereocenters. The minimum Gasteiger partial charge on any atom is -0.481 e. The molecule has 0 aliphatic heterocycles.